The molecule has 6 heteroatoms. The molecule has 1 atom stereocenters. The van der Waals surface area contributed by atoms with Crippen molar-refractivity contribution in [1.82, 2.24) is 5.32 Å². The van der Waals surface area contributed by atoms with Crippen LogP contribution in [-0.4, -0.2) is 24.8 Å². The molecule has 0 radical (unpaired) electrons. The number of alkyl carbamates (subject to hydrolysis) is 1. The third-order valence-electron chi connectivity index (χ3n) is 1.87. The number of primary amides is 1. The smallest absolute Gasteiger partial charge is 0.415 e. The van der Waals surface area contributed by atoms with Crippen LogP contribution in [0.25, 0.3) is 0 Å². The van der Waals surface area contributed by atoms with Gasteiger partial charge < -0.3 is 16.2 Å². The van der Waals surface area contributed by atoms with Crippen LogP contribution < -0.4 is 16.8 Å². The topological polar surface area (TPSA) is 107 Å². The van der Waals surface area contributed by atoms with E-state index >= 15 is 0 Å². The Balaban J connectivity index is 3.96. The molecule has 0 saturated heterocycles. The van der Waals surface area contributed by atoms with Gasteiger partial charge >= 0.3 is 12.1 Å². The second kappa shape index (κ2) is 9.00. The monoisotopic (exact) mass is 253 g/mol. The predicted octanol–water partition coefficient (Wildman–Crippen LogP) is 1.20. The fraction of sp³-hybridized carbons (Fsp3) is 0.333. The molecule has 0 spiro atoms. The molecule has 18 heavy (non-hydrogen) atoms. The second-order valence-electron chi connectivity index (χ2n) is 3.69. The van der Waals surface area contributed by atoms with Gasteiger partial charge in [-0.3, -0.25) is 0 Å². The van der Waals surface area contributed by atoms with Crippen LogP contribution >= 0.6 is 0 Å². The Kier molecular flexibility index (Phi) is 7.96. The first-order valence-corrected chi connectivity index (χ1v) is 5.39. The van der Waals surface area contributed by atoms with Crippen LogP contribution in [0.15, 0.2) is 36.5 Å². The van der Waals surface area contributed by atoms with Gasteiger partial charge in [-0.1, -0.05) is 36.5 Å². The van der Waals surface area contributed by atoms with Crippen molar-refractivity contribution in [2.24, 2.45) is 11.5 Å². The summed E-state index contributed by atoms with van der Waals surface area (Å²) in [6.07, 6.45) is 6.88. The van der Waals surface area contributed by atoms with Crippen molar-refractivity contribution in [3.8, 4) is 0 Å². The first-order valence-electron chi connectivity index (χ1n) is 5.39. The first-order chi connectivity index (χ1) is 8.45. The number of hydrogen-bond donors (Lipinski definition) is 3. The van der Waals surface area contributed by atoms with Crippen molar-refractivity contribution in [3.63, 3.8) is 0 Å². The lowest BCUT2D eigenvalue weighted by Gasteiger charge is -2.12. The Morgan fingerprint density at radius 2 is 2.11 bits per heavy atom. The van der Waals surface area contributed by atoms with Crippen LogP contribution in [0.5, 0.6) is 0 Å². The van der Waals surface area contributed by atoms with Crippen LogP contribution in [-0.2, 0) is 4.74 Å². The average molecular weight is 253 g/mol. The molecule has 0 aromatic carbocycles. The van der Waals surface area contributed by atoms with E-state index in [0.717, 1.165) is 5.57 Å². The molecule has 0 aromatic rings. The molecule has 3 amide bonds. The van der Waals surface area contributed by atoms with E-state index in [1.54, 1.807) is 17.5 Å². The molecule has 0 fully saturated rings. The molecule has 0 unspecified atom stereocenters. The molecular weight excluding hydrogens is 234 g/mol. The van der Waals surface area contributed by atoms with Gasteiger partial charge in [0.25, 0.3) is 0 Å². The molecule has 0 rings (SSSR count). The van der Waals surface area contributed by atoms with Crippen molar-refractivity contribution < 1.29 is 14.3 Å². The maximum absolute atomic E-state index is 10.9. The fourth-order valence-corrected chi connectivity index (χ4v) is 1.16. The van der Waals surface area contributed by atoms with Gasteiger partial charge in [-0.15, -0.1) is 0 Å². The number of carbonyl (C=O) groups is 2. The number of urea groups is 1. The van der Waals surface area contributed by atoms with Crippen molar-refractivity contribution in [2.75, 3.05) is 6.61 Å². The van der Waals surface area contributed by atoms with E-state index in [1.807, 2.05) is 19.1 Å². The summed E-state index contributed by atoms with van der Waals surface area (Å²) in [7, 11) is 0. The standard InChI is InChI=1S/C12H19N3O3/c1-3-4-5-6-9(2)7-10(13)8-18-12(17)15-11(14)16/h3-6,10H,1,7-8,13H2,2H3,(H3,14,15,16,17)/b5-4-,9-6+/t10-/m1/s1. The van der Waals surface area contributed by atoms with E-state index in [1.165, 1.54) is 0 Å². The highest BCUT2D eigenvalue weighted by Gasteiger charge is 2.09. The maximum Gasteiger partial charge on any atom is 0.415 e. The number of allylic oxidation sites excluding steroid dienone is 4. The molecule has 6 nitrogen and oxygen atoms in total. The first kappa shape index (κ1) is 15.9. The fourth-order valence-electron chi connectivity index (χ4n) is 1.16. The summed E-state index contributed by atoms with van der Waals surface area (Å²) in [5.41, 5.74) is 11.5. The van der Waals surface area contributed by atoms with Crippen molar-refractivity contribution in [2.45, 2.75) is 19.4 Å². The molecule has 0 aliphatic carbocycles. The third kappa shape index (κ3) is 9.17. The quantitative estimate of drug-likeness (QED) is 0.618. The van der Waals surface area contributed by atoms with E-state index in [9.17, 15) is 9.59 Å². The summed E-state index contributed by atoms with van der Waals surface area (Å²) < 4.78 is 4.70. The molecule has 100 valence electrons. The summed E-state index contributed by atoms with van der Waals surface area (Å²) in [4.78, 5) is 21.3. The average Bonchev–Trinajstić information content (AvgIpc) is 2.26. The number of hydrogen-bond acceptors (Lipinski definition) is 4. The summed E-state index contributed by atoms with van der Waals surface area (Å²) in [5.74, 6) is 0. The minimum atomic E-state index is -0.959. The molecule has 0 aliphatic heterocycles. The number of imide groups is 1. The van der Waals surface area contributed by atoms with Gasteiger partial charge in [0.2, 0.25) is 0 Å². The zero-order chi connectivity index (χ0) is 14.0. The molecule has 5 N–H and O–H groups in total. The van der Waals surface area contributed by atoms with Gasteiger partial charge in [-0.2, -0.15) is 0 Å². The summed E-state index contributed by atoms with van der Waals surface area (Å²) in [5, 5.41) is 1.78. The second-order valence-corrected chi connectivity index (χ2v) is 3.69. The minimum Gasteiger partial charge on any atom is -0.448 e. The number of ether oxygens (including phenoxy) is 1. The van der Waals surface area contributed by atoms with Crippen molar-refractivity contribution in [1.29, 1.82) is 0 Å². The van der Waals surface area contributed by atoms with Crippen LogP contribution in [0, 0.1) is 0 Å². The Labute approximate surface area is 106 Å². The zero-order valence-electron chi connectivity index (χ0n) is 10.4. The minimum absolute atomic E-state index is 0.00939. The van der Waals surface area contributed by atoms with E-state index in [-0.39, 0.29) is 12.6 Å². The van der Waals surface area contributed by atoms with Crippen molar-refractivity contribution in [3.05, 3.63) is 36.5 Å². The summed E-state index contributed by atoms with van der Waals surface area (Å²) in [6, 6.07) is -1.30. The summed E-state index contributed by atoms with van der Waals surface area (Å²) in [6.45, 7) is 5.47. The highest BCUT2D eigenvalue weighted by atomic mass is 16.5. The van der Waals surface area contributed by atoms with E-state index in [0.29, 0.717) is 6.42 Å². The van der Waals surface area contributed by atoms with Gasteiger partial charge in [0.15, 0.2) is 0 Å². The molecule has 0 heterocycles. The van der Waals surface area contributed by atoms with Crippen molar-refractivity contribution >= 4 is 12.1 Å². The van der Waals surface area contributed by atoms with E-state index in [4.69, 9.17) is 16.2 Å². The molecule has 0 aliphatic rings. The summed E-state index contributed by atoms with van der Waals surface area (Å²) >= 11 is 0. The largest absolute Gasteiger partial charge is 0.448 e. The Hall–Kier alpha value is -2.08. The molecule has 0 bridgehead atoms. The Morgan fingerprint density at radius 3 is 2.67 bits per heavy atom. The number of amides is 3. The molecule has 0 saturated carbocycles. The lowest BCUT2D eigenvalue weighted by molar-refractivity contribution is 0.140. The normalized spacial score (nSPS) is 13.1. The lowest BCUT2D eigenvalue weighted by Crippen LogP contribution is -2.38. The number of carbonyl (C=O) groups excluding carboxylic acids is 2. The van der Waals surface area contributed by atoms with Gasteiger partial charge in [-0.25, -0.2) is 14.9 Å². The van der Waals surface area contributed by atoms with Gasteiger partial charge in [0.1, 0.15) is 6.61 Å². The molecular formula is C12H19N3O3. The number of nitrogens with one attached hydrogen (secondary N) is 1. The van der Waals surface area contributed by atoms with E-state index < -0.39 is 12.1 Å². The number of nitrogens with two attached hydrogens (primary N) is 2. The predicted molar refractivity (Wildman–Crippen MR) is 69.8 cm³/mol. The van der Waals surface area contributed by atoms with Crippen LogP contribution in [0.3, 0.4) is 0 Å². The number of rotatable bonds is 6. The Bertz CT molecular complexity index is 362. The SMILES string of the molecule is C=C/C=C\C=C(/C)C[C@@H](N)COC(=O)NC(N)=O. The lowest BCUT2D eigenvalue weighted by atomic mass is 10.1. The van der Waals surface area contributed by atoms with Crippen LogP contribution in [0.2, 0.25) is 0 Å². The van der Waals surface area contributed by atoms with Crippen LogP contribution in [0.4, 0.5) is 9.59 Å². The van der Waals surface area contributed by atoms with Crippen LogP contribution in [0.1, 0.15) is 13.3 Å². The van der Waals surface area contributed by atoms with E-state index in [2.05, 4.69) is 6.58 Å². The Morgan fingerprint density at radius 1 is 1.44 bits per heavy atom. The van der Waals surface area contributed by atoms with Gasteiger partial charge in [0, 0.05) is 6.04 Å². The highest BCUT2D eigenvalue weighted by molar-refractivity contribution is 5.89. The zero-order valence-corrected chi connectivity index (χ0v) is 10.4. The maximum atomic E-state index is 10.9. The third-order valence-corrected chi connectivity index (χ3v) is 1.87. The molecule has 0 aromatic heterocycles. The van der Waals surface area contributed by atoms with Gasteiger partial charge in [-0.05, 0) is 13.3 Å². The highest BCUT2D eigenvalue weighted by Crippen LogP contribution is 2.03. The van der Waals surface area contributed by atoms with Gasteiger partial charge in [0.05, 0.1) is 0 Å².